The number of aliphatic imine (C=N–C) groups is 4. The van der Waals surface area contributed by atoms with Crippen molar-refractivity contribution in [1.82, 2.24) is 10.3 Å². The first-order valence-electron chi connectivity index (χ1n) is 9.97. The van der Waals surface area contributed by atoms with Gasteiger partial charge in [-0.2, -0.15) is 26.3 Å². The lowest BCUT2D eigenvalue weighted by atomic mass is 10.1. The van der Waals surface area contributed by atoms with Crippen LogP contribution >= 0.6 is 0 Å². The smallest absolute Gasteiger partial charge is 0.419 e. The number of nitrogens with one attached hydrogen (secondary N) is 1. The number of nitrogens with zero attached hydrogens (tertiary/aromatic N) is 5. The molecule has 35 heavy (non-hydrogen) atoms. The van der Waals surface area contributed by atoms with Crippen molar-refractivity contribution in [3.05, 3.63) is 65.6 Å². The van der Waals surface area contributed by atoms with Gasteiger partial charge in [-0.3, -0.25) is 9.98 Å². The van der Waals surface area contributed by atoms with Crippen LogP contribution in [0.2, 0.25) is 0 Å². The predicted molar refractivity (Wildman–Crippen MR) is 119 cm³/mol. The second kappa shape index (κ2) is 10.9. The van der Waals surface area contributed by atoms with Crippen molar-refractivity contribution in [2.45, 2.75) is 25.2 Å². The molecular formula is C22H18F6N6O. The first-order valence-corrected chi connectivity index (χ1v) is 9.97. The van der Waals surface area contributed by atoms with Crippen LogP contribution in [-0.2, 0) is 18.8 Å². The van der Waals surface area contributed by atoms with Gasteiger partial charge in [-0.1, -0.05) is 6.07 Å². The summed E-state index contributed by atoms with van der Waals surface area (Å²) in [6.07, 6.45) is -3.98. The Bertz CT molecular complexity index is 1180. The van der Waals surface area contributed by atoms with E-state index in [9.17, 15) is 26.3 Å². The maximum atomic E-state index is 13.6. The third-order valence-corrected chi connectivity index (χ3v) is 4.50. The summed E-state index contributed by atoms with van der Waals surface area (Å²) in [6.45, 7) is 3.45. The Labute approximate surface area is 195 Å². The Balaban J connectivity index is 1.71. The summed E-state index contributed by atoms with van der Waals surface area (Å²) in [5, 5.41) is 2.88. The first kappa shape index (κ1) is 25.6. The highest BCUT2D eigenvalue weighted by molar-refractivity contribution is 6.10. The van der Waals surface area contributed by atoms with Crippen molar-refractivity contribution < 1.29 is 31.1 Å². The Morgan fingerprint density at radius 3 is 2.60 bits per heavy atom. The number of alkyl halides is 6. The number of ether oxygens (including phenoxy) is 1. The van der Waals surface area contributed by atoms with Gasteiger partial charge >= 0.3 is 12.4 Å². The lowest BCUT2D eigenvalue weighted by Gasteiger charge is -2.15. The molecule has 1 aliphatic rings. The summed E-state index contributed by atoms with van der Waals surface area (Å²) in [4.78, 5) is 19.5. The van der Waals surface area contributed by atoms with Crippen LogP contribution in [0.4, 0.5) is 26.3 Å². The van der Waals surface area contributed by atoms with Crippen LogP contribution in [0.5, 0.6) is 11.6 Å². The summed E-state index contributed by atoms with van der Waals surface area (Å²) in [5.74, 6) is -0.272. The van der Waals surface area contributed by atoms with E-state index in [1.54, 1.807) is 0 Å². The minimum Gasteiger partial charge on any atom is -0.438 e. The number of halogens is 6. The van der Waals surface area contributed by atoms with Crippen LogP contribution in [0.3, 0.4) is 0 Å². The molecule has 7 nitrogen and oxygen atoms in total. The average molecular weight is 496 g/mol. The largest absolute Gasteiger partial charge is 0.438 e. The molecule has 3 rings (SSSR count). The lowest BCUT2D eigenvalue weighted by molar-refractivity contribution is -0.139. The Kier molecular flexibility index (Phi) is 7.99. The summed E-state index contributed by atoms with van der Waals surface area (Å²) in [7, 11) is 0. The second-order valence-electron chi connectivity index (χ2n) is 7.00. The van der Waals surface area contributed by atoms with Crippen molar-refractivity contribution in [3.8, 4) is 11.6 Å². The fourth-order valence-electron chi connectivity index (χ4n) is 2.89. The van der Waals surface area contributed by atoms with E-state index in [4.69, 9.17) is 4.74 Å². The molecule has 0 amide bonds. The van der Waals surface area contributed by atoms with E-state index in [-0.39, 0.29) is 13.0 Å². The van der Waals surface area contributed by atoms with E-state index < -0.39 is 35.1 Å². The molecule has 0 bridgehead atoms. The zero-order valence-corrected chi connectivity index (χ0v) is 17.9. The first-order chi connectivity index (χ1) is 16.6. The van der Waals surface area contributed by atoms with Gasteiger partial charge in [-0.15, -0.1) is 0 Å². The Morgan fingerprint density at radius 1 is 1.09 bits per heavy atom. The van der Waals surface area contributed by atoms with E-state index >= 15 is 0 Å². The Hall–Kier alpha value is -4.03. The van der Waals surface area contributed by atoms with Crippen molar-refractivity contribution in [2.75, 3.05) is 6.54 Å². The van der Waals surface area contributed by atoms with Gasteiger partial charge in [0.1, 0.15) is 23.8 Å². The number of benzene rings is 1. The summed E-state index contributed by atoms with van der Waals surface area (Å²) in [5.41, 5.74) is -1.93. The van der Waals surface area contributed by atoms with Gasteiger partial charge in [-0.25, -0.2) is 15.0 Å². The minimum atomic E-state index is -4.81. The number of hydrogen-bond acceptors (Lipinski definition) is 6. The van der Waals surface area contributed by atoms with Crippen LogP contribution in [-0.4, -0.2) is 36.3 Å². The molecule has 1 aliphatic heterocycles. The van der Waals surface area contributed by atoms with Gasteiger partial charge in [-0.05, 0) is 36.9 Å². The average Bonchev–Trinajstić information content (AvgIpc) is 2.79. The number of amidine groups is 2. The molecule has 2 aromatic rings. The Morgan fingerprint density at radius 2 is 1.89 bits per heavy atom. The SMILES string of the molecule is C=N/C=C\NC1=NC=NC(=NCCc2ccc(Oc3cc(C(F)(F)F)ccn3)c(C(F)(F)F)c2)C1. The molecule has 0 aliphatic carbocycles. The normalized spacial score (nSPS) is 15.4. The molecule has 2 heterocycles. The molecule has 184 valence electrons. The number of rotatable bonds is 7. The van der Waals surface area contributed by atoms with Crippen LogP contribution in [0.25, 0.3) is 0 Å². The molecule has 0 fully saturated rings. The van der Waals surface area contributed by atoms with E-state index in [1.165, 1.54) is 24.8 Å². The monoisotopic (exact) mass is 496 g/mol. The second-order valence-corrected chi connectivity index (χ2v) is 7.00. The number of hydrogen-bond donors (Lipinski definition) is 1. The van der Waals surface area contributed by atoms with Gasteiger partial charge in [0.2, 0.25) is 5.88 Å². The molecule has 0 spiro atoms. The molecule has 1 N–H and O–H groups in total. The molecule has 0 atom stereocenters. The summed E-state index contributed by atoms with van der Waals surface area (Å²) < 4.78 is 84.5. The third kappa shape index (κ3) is 7.48. The molecule has 0 unspecified atom stereocenters. The minimum absolute atomic E-state index is 0.149. The van der Waals surface area contributed by atoms with E-state index in [2.05, 4.69) is 37.0 Å². The number of pyridine rings is 1. The number of aromatic nitrogens is 1. The molecule has 0 radical (unpaired) electrons. The maximum absolute atomic E-state index is 13.6. The maximum Gasteiger partial charge on any atom is 0.419 e. The van der Waals surface area contributed by atoms with Crippen molar-refractivity contribution >= 4 is 24.7 Å². The molecule has 1 aromatic heterocycles. The van der Waals surface area contributed by atoms with Crippen LogP contribution in [0.15, 0.2) is 68.9 Å². The predicted octanol–water partition coefficient (Wildman–Crippen LogP) is 5.44. The van der Waals surface area contributed by atoms with Crippen molar-refractivity contribution in [1.29, 1.82) is 0 Å². The zero-order valence-electron chi connectivity index (χ0n) is 17.9. The van der Waals surface area contributed by atoms with Crippen LogP contribution in [0.1, 0.15) is 23.1 Å². The van der Waals surface area contributed by atoms with Gasteiger partial charge in [0.05, 0.1) is 17.5 Å². The summed E-state index contributed by atoms with van der Waals surface area (Å²) in [6, 6.07) is 4.52. The quantitative estimate of drug-likeness (QED) is 0.409. The molecule has 1 aromatic carbocycles. The standard InChI is InChI=1S/C22H18F6N6O/c1-29-8-9-31-19-12-18(33-13-34-19)30-6-4-14-2-3-17(16(10-14)22(26,27)28)35-20-11-15(5-7-32-20)21(23,24)25/h2-3,5,7-11,13H,1,4,6,12H2,(H,30,31,33,34)/b9-8-. The van der Waals surface area contributed by atoms with E-state index in [0.29, 0.717) is 35.8 Å². The molecule has 0 saturated carbocycles. The highest BCUT2D eigenvalue weighted by Gasteiger charge is 2.35. The van der Waals surface area contributed by atoms with Gasteiger partial charge in [0.25, 0.3) is 0 Å². The lowest BCUT2D eigenvalue weighted by Crippen LogP contribution is -2.23. The van der Waals surface area contributed by atoms with E-state index in [1.807, 2.05) is 0 Å². The third-order valence-electron chi connectivity index (χ3n) is 4.50. The molecular weight excluding hydrogens is 478 g/mol. The highest BCUT2D eigenvalue weighted by Crippen LogP contribution is 2.39. The van der Waals surface area contributed by atoms with Gasteiger partial charge in [0.15, 0.2) is 0 Å². The van der Waals surface area contributed by atoms with Crippen molar-refractivity contribution in [2.24, 2.45) is 20.0 Å². The fraction of sp³-hybridized carbons (Fsp3) is 0.227. The van der Waals surface area contributed by atoms with Gasteiger partial charge < -0.3 is 10.1 Å². The molecule has 13 heteroatoms. The summed E-state index contributed by atoms with van der Waals surface area (Å²) >= 11 is 0. The van der Waals surface area contributed by atoms with Gasteiger partial charge in [0, 0.05) is 31.2 Å². The highest BCUT2D eigenvalue weighted by atomic mass is 19.4. The fourth-order valence-corrected chi connectivity index (χ4v) is 2.89. The van der Waals surface area contributed by atoms with Crippen molar-refractivity contribution in [3.63, 3.8) is 0 Å². The zero-order chi connectivity index (χ0) is 25.5. The van der Waals surface area contributed by atoms with Crippen LogP contribution in [0, 0.1) is 0 Å². The van der Waals surface area contributed by atoms with E-state index in [0.717, 1.165) is 18.3 Å². The molecule has 0 saturated heterocycles. The van der Waals surface area contributed by atoms with Crippen LogP contribution < -0.4 is 10.1 Å². The topological polar surface area (TPSA) is 83.6 Å².